The van der Waals surface area contributed by atoms with Crippen molar-refractivity contribution in [2.24, 2.45) is 5.92 Å². The molecule has 2 amide bonds. The molecule has 1 fully saturated rings. The van der Waals surface area contributed by atoms with Crippen molar-refractivity contribution in [2.45, 2.75) is 12.8 Å². The van der Waals surface area contributed by atoms with Crippen molar-refractivity contribution in [3.8, 4) is 5.75 Å². The van der Waals surface area contributed by atoms with Gasteiger partial charge in [-0.1, -0.05) is 12.1 Å². The molecule has 27 heavy (non-hydrogen) atoms. The Kier molecular flexibility index (Phi) is 5.12. The molecule has 0 atom stereocenters. The van der Waals surface area contributed by atoms with Gasteiger partial charge in [-0.15, -0.1) is 0 Å². The molecule has 0 radical (unpaired) electrons. The van der Waals surface area contributed by atoms with Crippen LogP contribution in [0.25, 0.3) is 0 Å². The average Bonchev–Trinajstić information content (AvgIpc) is 3.51. The minimum atomic E-state index is -1.12. The van der Waals surface area contributed by atoms with E-state index in [1.54, 1.807) is 31.3 Å². The van der Waals surface area contributed by atoms with E-state index in [4.69, 9.17) is 9.84 Å². The molecule has 2 aromatic rings. The number of nitrogens with zero attached hydrogens (tertiary/aromatic N) is 1. The van der Waals surface area contributed by atoms with Crippen molar-refractivity contribution in [3.63, 3.8) is 0 Å². The van der Waals surface area contributed by atoms with E-state index in [1.165, 1.54) is 30.2 Å². The number of methoxy groups -OCH3 is 1. The van der Waals surface area contributed by atoms with Gasteiger partial charge in [0.25, 0.3) is 5.91 Å². The average molecular weight is 368 g/mol. The number of rotatable bonds is 6. The van der Waals surface area contributed by atoms with Crippen LogP contribution in [0.2, 0.25) is 0 Å². The van der Waals surface area contributed by atoms with E-state index in [-0.39, 0.29) is 23.1 Å². The van der Waals surface area contributed by atoms with Crippen LogP contribution in [-0.2, 0) is 4.79 Å². The fourth-order valence-corrected chi connectivity index (χ4v) is 2.83. The van der Waals surface area contributed by atoms with E-state index in [2.05, 4.69) is 5.32 Å². The maximum Gasteiger partial charge on any atom is 0.339 e. The summed E-state index contributed by atoms with van der Waals surface area (Å²) in [5.41, 5.74) is 1.29. The third-order valence-electron chi connectivity index (χ3n) is 4.46. The second-order valence-electron chi connectivity index (χ2n) is 6.36. The number of benzene rings is 2. The summed E-state index contributed by atoms with van der Waals surface area (Å²) in [7, 11) is 3.03. The maximum atomic E-state index is 12.8. The molecule has 7 heteroatoms. The first-order valence-corrected chi connectivity index (χ1v) is 8.51. The summed E-state index contributed by atoms with van der Waals surface area (Å²) in [6.45, 7) is 0. The Morgan fingerprint density at radius 2 is 1.81 bits per heavy atom. The molecular formula is C20H20N2O5. The lowest BCUT2D eigenvalue weighted by Gasteiger charge is -2.20. The molecule has 0 saturated heterocycles. The Balaban J connectivity index is 1.85. The van der Waals surface area contributed by atoms with Gasteiger partial charge in [-0.25, -0.2) is 4.79 Å². The summed E-state index contributed by atoms with van der Waals surface area (Å²) < 4.78 is 5.08. The van der Waals surface area contributed by atoms with E-state index in [0.29, 0.717) is 16.9 Å². The molecule has 0 unspecified atom stereocenters. The predicted octanol–water partition coefficient (Wildman–Crippen LogP) is 3.02. The number of para-hydroxylation sites is 1. The van der Waals surface area contributed by atoms with Crippen molar-refractivity contribution in [2.75, 3.05) is 24.4 Å². The Bertz CT molecular complexity index is 905. The van der Waals surface area contributed by atoms with Crippen LogP contribution >= 0.6 is 0 Å². The number of hydrogen-bond acceptors (Lipinski definition) is 4. The van der Waals surface area contributed by atoms with Crippen molar-refractivity contribution < 1.29 is 24.2 Å². The zero-order valence-corrected chi connectivity index (χ0v) is 15.1. The van der Waals surface area contributed by atoms with E-state index >= 15 is 0 Å². The van der Waals surface area contributed by atoms with Crippen molar-refractivity contribution in [1.82, 2.24) is 0 Å². The molecule has 0 spiro atoms. The van der Waals surface area contributed by atoms with E-state index in [1.807, 2.05) is 0 Å². The molecule has 2 aromatic carbocycles. The predicted molar refractivity (Wildman–Crippen MR) is 100 cm³/mol. The number of amides is 2. The van der Waals surface area contributed by atoms with Gasteiger partial charge in [-0.3, -0.25) is 9.59 Å². The molecule has 2 N–H and O–H groups in total. The normalized spacial score (nSPS) is 13.0. The Hall–Kier alpha value is -3.35. The molecule has 1 saturated carbocycles. The zero-order chi connectivity index (χ0) is 19.6. The highest BCUT2D eigenvalue weighted by molar-refractivity contribution is 6.11. The number of carbonyl (C=O) groups is 3. The molecule has 0 heterocycles. The topological polar surface area (TPSA) is 95.9 Å². The fourth-order valence-electron chi connectivity index (χ4n) is 2.83. The van der Waals surface area contributed by atoms with Gasteiger partial charge in [-0.05, 0) is 37.1 Å². The Morgan fingerprint density at radius 1 is 1.11 bits per heavy atom. The van der Waals surface area contributed by atoms with E-state index in [9.17, 15) is 14.4 Å². The number of carbonyl (C=O) groups excluding carboxylic acids is 2. The highest BCUT2D eigenvalue weighted by atomic mass is 16.5. The highest BCUT2D eigenvalue weighted by Gasteiger charge is 2.33. The van der Waals surface area contributed by atoms with Crippen LogP contribution in [0.5, 0.6) is 5.75 Å². The van der Waals surface area contributed by atoms with Gasteiger partial charge >= 0.3 is 5.97 Å². The lowest BCUT2D eigenvalue weighted by molar-refractivity contribution is -0.119. The molecule has 0 bridgehead atoms. The molecule has 1 aliphatic carbocycles. The molecule has 140 valence electrons. The minimum absolute atomic E-state index is 0.00253. The Morgan fingerprint density at radius 3 is 2.44 bits per heavy atom. The lowest BCUT2D eigenvalue weighted by atomic mass is 10.1. The van der Waals surface area contributed by atoms with Crippen molar-refractivity contribution in [1.29, 1.82) is 0 Å². The van der Waals surface area contributed by atoms with Gasteiger partial charge in [0, 0.05) is 24.7 Å². The zero-order valence-electron chi connectivity index (χ0n) is 15.1. The van der Waals surface area contributed by atoms with Crippen molar-refractivity contribution in [3.05, 3.63) is 53.6 Å². The summed E-state index contributed by atoms with van der Waals surface area (Å²) in [6, 6.07) is 11.2. The first kappa shape index (κ1) is 18.4. The van der Waals surface area contributed by atoms with Gasteiger partial charge in [-0.2, -0.15) is 0 Å². The number of hydrogen-bond donors (Lipinski definition) is 2. The standard InChI is InChI=1S/C20H20N2O5/c1-22(19(24)12-7-8-12)16-6-4-3-5-14(16)18(23)21-13-9-10-15(20(25)26)17(11-13)27-2/h3-6,9-12H,7-8H2,1-2H3,(H,21,23)(H,25,26). The summed E-state index contributed by atoms with van der Waals surface area (Å²) >= 11 is 0. The first-order valence-electron chi connectivity index (χ1n) is 8.51. The summed E-state index contributed by atoms with van der Waals surface area (Å²) in [5.74, 6) is -1.32. The second-order valence-corrected chi connectivity index (χ2v) is 6.36. The third kappa shape index (κ3) is 3.92. The highest BCUT2D eigenvalue weighted by Crippen LogP contribution is 2.33. The third-order valence-corrected chi connectivity index (χ3v) is 4.46. The van der Waals surface area contributed by atoms with Crippen LogP contribution in [0.3, 0.4) is 0 Å². The van der Waals surface area contributed by atoms with Crippen LogP contribution in [0, 0.1) is 5.92 Å². The maximum absolute atomic E-state index is 12.8. The molecule has 1 aliphatic rings. The molecule has 0 aromatic heterocycles. The number of carboxylic acid groups (broad SMARTS) is 1. The number of anilines is 2. The SMILES string of the molecule is COc1cc(NC(=O)c2ccccc2N(C)C(=O)C2CC2)ccc1C(=O)O. The summed E-state index contributed by atoms with van der Waals surface area (Å²) in [5, 5.41) is 11.9. The van der Waals surface area contributed by atoms with Gasteiger partial charge in [0.15, 0.2) is 0 Å². The van der Waals surface area contributed by atoms with Crippen LogP contribution in [0.4, 0.5) is 11.4 Å². The Labute approximate surface area is 156 Å². The lowest BCUT2D eigenvalue weighted by Crippen LogP contribution is -2.29. The second kappa shape index (κ2) is 7.49. The smallest absolute Gasteiger partial charge is 0.339 e. The fraction of sp³-hybridized carbons (Fsp3) is 0.250. The van der Waals surface area contributed by atoms with Crippen molar-refractivity contribution >= 4 is 29.2 Å². The molecule has 0 aliphatic heterocycles. The monoisotopic (exact) mass is 368 g/mol. The summed E-state index contributed by atoms with van der Waals surface area (Å²) in [4.78, 5) is 37.8. The summed E-state index contributed by atoms with van der Waals surface area (Å²) in [6.07, 6.45) is 1.76. The van der Waals surface area contributed by atoms with E-state index in [0.717, 1.165) is 12.8 Å². The number of aromatic carboxylic acids is 1. The largest absolute Gasteiger partial charge is 0.496 e. The van der Waals surface area contributed by atoms with Gasteiger partial charge in [0.05, 0.1) is 18.4 Å². The van der Waals surface area contributed by atoms with E-state index < -0.39 is 11.9 Å². The molecular weight excluding hydrogens is 348 g/mol. The van der Waals surface area contributed by atoms with Gasteiger partial charge < -0.3 is 20.1 Å². The van der Waals surface area contributed by atoms with Crippen LogP contribution in [0.15, 0.2) is 42.5 Å². The number of carboxylic acids is 1. The van der Waals surface area contributed by atoms with Gasteiger partial charge in [0.2, 0.25) is 5.91 Å². The van der Waals surface area contributed by atoms with Crippen LogP contribution in [-0.4, -0.2) is 37.0 Å². The number of ether oxygens (including phenoxy) is 1. The quantitative estimate of drug-likeness (QED) is 0.817. The van der Waals surface area contributed by atoms with Crippen LogP contribution in [0.1, 0.15) is 33.6 Å². The van der Waals surface area contributed by atoms with Gasteiger partial charge in [0.1, 0.15) is 11.3 Å². The minimum Gasteiger partial charge on any atom is -0.496 e. The molecule has 3 rings (SSSR count). The number of nitrogens with one attached hydrogen (secondary N) is 1. The molecule has 7 nitrogen and oxygen atoms in total. The van der Waals surface area contributed by atoms with Crippen LogP contribution < -0.4 is 15.0 Å². The first-order chi connectivity index (χ1) is 12.9.